The van der Waals surface area contributed by atoms with Crippen LogP contribution >= 0.6 is 0 Å². The number of imidazole rings is 1. The Labute approximate surface area is 239 Å². The van der Waals surface area contributed by atoms with E-state index in [4.69, 9.17) is 14.5 Å². The SMILES string of the molecule is CCCCc1nc2cccc(OC)c2n1Cc1ccc(-c2ccccc2OC(=O)NS(=O)(=O)c2ccccc2)cc1. The predicted octanol–water partition coefficient (Wildman–Crippen LogP) is 6.58. The zero-order chi connectivity index (χ0) is 28.8. The highest BCUT2D eigenvalue weighted by Gasteiger charge is 2.20. The fourth-order valence-corrected chi connectivity index (χ4v) is 5.61. The van der Waals surface area contributed by atoms with Crippen LogP contribution in [-0.2, 0) is 23.0 Å². The van der Waals surface area contributed by atoms with Gasteiger partial charge >= 0.3 is 6.09 Å². The van der Waals surface area contributed by atoms with Crippen LogP contribution in [0.4, 0.5) is 4.79 Å². The van der Waals surface area contributed by atoms with Gasteiger partial charge in [0.25, 0.3) is 10.0 Å². The van der Waals surface area contributed by atoms with Crippen LogP contribution in [0.5, 0.6) is 11.5 Å². The molecule has 0 radical (unpaired) electrons. The molecule has 0 fully saturated rings. The lowest BCUT2D eigenvalue weighted by atomic mass is 10.0. The first-order chi connectivity index (χ1) is 19.9. The van der Waals surface area contributed by atoms with Crippen LogP contribution in [0.1, 0.15) is 31.2 Å². The number of nitrogens with zero attached hydrogens (tertiary/aromatic N) is 2. The predicted molar refractivity (Wildman–Crippen MR) is 159 cm³/mol. The molecule has 5 aromatic rings. The van der Waals surface area contributed by atoms with Crippen LogP contribution in [0, 0.1) is 0 Å². The Morgan fingerprint density at radius 2 is 1.59 bits per heavy atom. The number of sulfonamides is 1. The van der Waals surface area contributed by atoms with Crippen molar-refractivity contribution in [2.24, 2.45) is 0 Å². The van der Waals surface area contributed by atoms with E-state index in [-0.39, 0.29) is 10.6 Å². The highest BCUT2D eigenvalue weighted by molar-refractivity contribution is 7.90. The summed E-state index contributed by atoms with van der Waals surface area (Å²) in [4.78, 5) is 17.4. The number of carbonyl (C=O) groups excluding carboxylic acids is 1. The molecule has 0 aliphatic rings. The molecule has 0 atom stereocenters. The number of ether oxygens (including phenoxy) is 2. The van der Waals surface area contributed by atoms with Gasteiger partial charge in [-0.15, -0.1) is 0 Å². The molecule has 5 rings (SSSR count). The van der Waals surface area contributed by atoms with Crippen LogP contribution in [0.3, 0.4) is 0 Å². The zero-order valence-corrected chi connectivity index (χ0v) is 23.7. The van der Waals surface area contributed by atoms with E-state index in [9.17, 15) is 13.2 Å². The summed E-state index contributed by atoms with van der Waals surface area (Å²) in [6, 6.07) is 28.5. The Bertz CT molecular complexity index is 1760. The summed E-state index contributed by atoms with van der Waals surface area (Å²) in [6.45, 7) is 2.79. The summed E-state index contributed by atoms with van der Waals surface area (Å²) in [5.41, 5.74) is 4.43. The zero-order valence-electron chi connectivity index (χ0n) is 22.9. The number of aromatic nitrogens is 2. The molecule has 1 aromatic heterocycles. The second-order valence-corrected chi connectivity index (χ2v) is 11.2. The monoisotopic (exact) mass is 569 g/mol. The molecule has 0 aliphatic heterocycles. The molecule has 0 spiro atoms. The van der Waals surface area contributed by atoms with Gasteiger partial charge in [-0.2, -0.15) is 0 Å². The first-order valence-corrected chi connectivity index (χ1v) is 14.9. The van der Waals surface area contributed by atoms with E-state index in [0.717, 1.165) is 53.0 Å². The van der Waals surface area contributed by atoms with Crippen molar-refractivity contribution < 1.29 is 22.7 Å². The summed E-state index contributed by atoms with van der Waals surface area (Å²) >= 11 is 0. The van der Waals surface area contributed by atoms with E-state index in [1.807, 2.05) is 59.3 Å². The van der Waals surface area contributed by atoms with Gasteiger partial charge in [0.05, 0.1) is 17.5 Å². The van der Waals surface area contributed by atoms with Gasteiger partial charge in [0.1, 0.15) is 22.8 Å². The van der Waals surface area contributed by atoms with Crippen molar-refractivity contribution in [3.63, 3.8) is 0 Å². The van der Waals surface area contributed by atoms with Gasteiger partial charge in [-0.05, 0) is 47.9 Å². The quantitative estimate of drug-likeness (QED) is 0.204. The van der Waals surface area contributed by atoms with Crippen molar-refractivity contribution in [3.8, 4) is 22.6 Å². The van der Waals surface area contributed by atoms with E-state index in [2.05, 4.69) is 11.5 Å². The number of carbonyl (C=O) groups is 1. The topological polar surface area (TPSA) is 99.5 Å². The van der Waals surface area contributed by atoms with Gasteiger partial charge in [0.15, 0.2) is 0 Å². The Balaban J connectivity index is 1.37. The third kappa shape index (κ3) is 6.25. The fourth-order valence-electron chi connectivity index (χ4n) is 4.72. The minimum Gasteiger partial charge on any atom is -0.494 e. The first kappa shape index (κ1) is 27.9. The number of hydrogen-bond donors (Lipinski definition) is 1. The fraction of sp³-hybridized carbons (Fsp3) is 0.188. The van der Waals surface area contributed by atoms with Crippen LogP contribution in [0.15, 0.2) is 102 Å². The molecule has 41 heavy (non-hydrogen) atoms. The molecule has 9 heteroatoms. The number of methoxy groups -OCH3 is 1. The number of aryl methyl sites for hydroxylation is 1. The molecule has 4 aromatic carbocycles. The largest absolute Gasteiger partial charge is 0.494 e. The number of fused-ring (bicyclic) bond motifs is 1. The number of benzene rings is 4. The van der Waals surface area contributed by atoms with Gasteiger partial charge in [-0.25, -0.2) is 22.9 Å². The molecule has 1 heterocycles. The standard InChI is InChI=1S/C32H31N3O5S/c1-3-4-17-30-33-27-14-10-16-29(39-2)31(27)35(30)22-23-18-20-24(21-19-23)26-13-8-9-15-28(26)40-32(36)34-41(37,38)25-11-6-5-7-12-25/h5-16,18-21H,3-4,17,22H2,1-2H3,(H,34,36). The molecule has 1 amide bonds. The molecular formula is C32H31N3O5S. The van der Waals surface area contributed by atoms with E-state index in [0.29, 0.717) is 12.1 Å². The average Bonchev–Trinajstić information content (AvgIpc) is 3.34. The van der Waals surface area contributed by atoms with Crippen LogP contribution in [0.25, 0.3) is 22.2 Å². The summed E-state index contributed by atoms with van der Waals surface area (Å²) in [5, 5.41) is 0. The van der Waals surface area contributed by atoms with Crippen molar-refractivity contribution in [1.29, 1.82) is 0 Å². The smallest absolute Gasteiger partial charge is 0.426 e. The van der Waals surface area contributed by atoms with E-state index in [1.54, 1.807) is 37.4 Å². The third-order valence-corrected chi connectivity index (χ3v) is 8.08. The van der Waals surface area contributed by atoms with E-state index in [1.165, 1.54) is 12.1 Å². The summed E-state index contributed by atoms with van der Waals surface area (Å²) in [7, 11) is -2.39. The van der Waals surface area contributed by atoms with Crippen molar-refractivity contribution in [1.82, 2.24) is 14.3 Å². The van der Waals surface area contributed by atoms with E-state index < -0.39 is 16.1 Å². The number of para-hydroxylation sites is 2. The number of nitrogens with one attached hydrogen (secondary N) is 1. The number of amides is 1. The summed E-state index contributed by atoms with van der Waals surface area (Å²) in [5.74, 6) is 2.05. The maximum atomic E-state index is 12.6. The van der Waals surface area contributed by atoms with Gasteiger partial charge in [-0.3, -0.25) is 0 Å². The number of unbranched alkanes of at least 4 members (excludes halogenated alkanes) is 1. The molecule has 0 saturated carbocycles. The second kappa shape index (κ2) is 12.3. The molecular weight excluding hydrogens is 538 g/mol. The van der Waals surface area contributed by atoms with Crippen LogP contribution < -0.4 is 14.2 Å². The summed E-state index contributed by atoms with van der Waals surface area (Å²) in [6.07, 6.45) is 1.91. The Morgan fingerprint density at radius 3 is 2.32 bits per heavy atom. The maximum absolute atomic E-state index is 12.6. The van der Waals surface area contributed by atoms with Gasteiger partial charge < -0.3 is 14.0 Å². The lowest BCUT2D eigenvalue weighted by molar-refractivity contribution is 0.207. The van der Waals surface area contributed by atoms with Crippen molar-refractivity contribution >= 4 is 27.1 Å². The average molecular weight is 570 g/mol. The molecule has 8 nitrogen and oxygen atoms in total. The first-order valence-electron chi connectivity index (χ1n) is 13.4. The highest BCUT2D eigenvalue weighted by Crippen LogP contribution is 2.32. The van der Waals surface area contributed by atoms with Gasteiger partial charge in [-0.1, -0.05) is 80.1 Å². The van der Waals surface area contributed by atoms with Gasteiger partial charge in [0.2, 0.25) is 0 Å². The van der Waals surface area contributed by atoms with Crippen molar-refractivity contribution in [2.75, 3.05) is 7.11 Å². The minimum absolute atomic E-state index is 0.0260. The van der Waals surface area contributed by atoms with E-state index >= 15 is 0 Å². The Hall–Kier alpha value is -4.63. The third-order valence-electron chi connectivity index (χ3n) is 6.75. The highest BCUT2D eigenvalue weighted by atomic mass is 32.2. The van der Waals surface area contributed by atoms with Gasteiger partial charge in [0, 0.05) is 18.5 Å². The normalized spacial score (nSPS) is 11.4. The minimum atomic E-state index is -4.06. The Morgan fingerprint density at radius 1 is 0.878 bits per heavy atom. The lowest BCUT2D eigenvalue weighted by Crippen LogP contribution is -2.33. The van der Waals surface area contributed by atoms with Crippen molar-refractivity contribution in [3.05, 3.63) is 108 Å². The molecule has 0 saturated heterocycles. The maximum Gasteiger partial charge on any atom is 0.426 e. The van der Waals surface area contributed by atoms with Crippen LogP contribution in [-0.4, -0.2) is 31.2 Å². The lowest BCUT2D eigenvalue weighted by Gasteiger charge is -2.13. The van der Waals surface area contributed by atoms with Crippen LogP contribution in [0.2, 0.25) is 0 Å². The second-order valence-electron chi connectivity index (χ2n) is 9.55. The molecule has 0 aliphatic carbocycles. The molecule has 210 valence electrons. The Kier molecular flexibility index (Phi) is 8.35. The number of hydrogen-bond acceptors (Lipinski definition) is 6. The molecule has 0 unspecified atom stereocenters. The van der Waals surface area contributed by atoms with Crippen molar-refractivity contribution in [2.45, 2.75) is 37.6 Å². The molecule has 0 bridgehead atoms. The number of rotatable bonds is 10. The summed E-state index contributed by atoms with van der Waals surface area (Å²) < 4.78 is 40.4. The molecule has 1 N–H and O–H groups in total.